The summed E-state index contributed by atoms with van der Waals surface area (Å²) < 4.78 is 18.0. The molecule has 0 aliphatic heterocycles. The van der Waals surface area contributed by atoms with E-state index < -0.39 is 5.82 Å². The Morgan fingerprint density at radius 3 is 2.89 bits per heavy atom. The lowest BCUT2D eigenvalue weighted by Crippen LogP contribution is -2.16. The van der Waals surface area contributed by atoms with E-state index in [1.165, 1.54) is 25.3 Å². The van der Waals surface area contributed by atoms with Crippen LogP contribution in [-0.2, 0) is 4.79 Å². The van der Waals surface area contributed by atoms with Gasteiger partial charge in [0.25, 0.3) is 0 Å². The SMILES string of the molecule is COc1cc(NC(=O)CCC(C)CN)ccc1F. The maximum absolute atomic E-state index is 13.2. The fourth-order valence-electron chi connectivity index (χ4n) is 1.46. The van der Waals surface area contributed by atoms with E-state index in [9.17, 15) is 9.18 Å². The molecule has 0 radical (unpaired) electrons. The summed E-state index contributed by atoms with van der Waals surface area (Å²) in [4.78, 5) is 11.6. The van der Waals surface area contributed by atoms with Gasteiger partial charge in [-0.25, -0.2) is 4.39 Å². The highest BCUT2D eigenvalue weighted by molar-refractivity contribution is 5.90. The van der Waals surface area contributed by atoms with Crippen LogP contribution >= 0.6 is 0 Å². The second kappa shape index (κ2) is 6.96. The largest absolute Gasteiger partial charge is 0.494 e. The number of halogens is 1. The van der Waals surface area contributed by atoms with E-state index in [4.69, 9.17) is 10.5 Å². The van der Waals surface area contributed by atoms with Gasteiger partial charge in [0.15, 0.2) is 11.6 Å². The van der Waals surface area contributed by atoms with E-state index >= 15 is 0 Å². The van der Waals surface area contributed by atoms with Crippen LogP contribution in [0.1, 0.15) is 19.8 Å². The third kappa shape index (κ3) is 4.33. The number of carbonyl (C=O) groups is 1. The predicted octanol–water partition coefficient (Wildman–Crippen LogP) is 2.15. The monoisotopic (exact) mass is 254 g/mol. The topological polar surface area (TPSA) is 64.3 Å². The zero-order valence-corrected chi connectivity index (χ0v) is 10.7. The van der Waals surface area contributed by atoms with Gasteiger partial charge in [0.05, 0.1) is 7.11 Å². The van der Waals surface area contributed by atoms with Crippen LogP contribution in [0.2, 0.25) is 0 Å². The van der Waals surface area contributed by atoms with Gasteiger partial charge in [0, 0.05) is 18.2 Å². The van der Waals surface area contributed by atoms with Crippen LogP contribution in [0.3, 0.4) is 0 Å². The quantitative estimate of drug-likeness (QED) is 0.817. The fraction of sp³-hybridized carbons (Fsp3) is 0.462. The van der Waals surface area contributed by atoms with Crippen molar-refractivity contribution in [3.63, 3.8) is 0 Å². The van der Waals surface area contributed by atoms with Crippen molar-refractivity contribution in [1.82, 2.24) is 0 Å². The Balaban J connectivity index is 2.54. The van der Waals surface area contributed by atoms with Gasteiger partial charge < -0.3 is 15.8 Å². The minimum absolute atomic E-state index is 0.107. The highest BCUT2D eigenvalue weighted by Crippen LogP contribution is 2.21. The van der Waals surface area contributed by atoms with E-state index in [1.807, 2.05) is 6.92 Å². The Labute approximate surface area is 106 Å². The summed E-state index contributed by atoms with van der Waals surface area (Å²) in [5.74, 6) is -0.127. The van der Waals surface area contributed by atoms with Gasteiger partial charge in [-0.2, -0.15) is 0 Å². The predicted molar refractivity (Wildman–Crippen MR) is 69.0 cm³/mol. The number of carbonyl (C=O) groups excluding carboxylic acids is 1. The highest BCUT2D eigenvalue weighted by atomic mass is 19.1. The van der Waals surface area contributed by atoms with Crippen LogP contribution in [0.5, 0.6) is 5.75 Å². The van der Waals surface area contributed by atoms with Crippen LogP contribution in [-0.4, -0.2) is 19.6 Å². The molecule has 3 N–H and O–H groups in total. The van der Waals surface area contributed by atoms with Crippen molar-refractivity contribution >= 4 is 11.6 Å². The number of nitrogens with one attached hydrogen (secondary N) is 1. The number of anilines is 1. The molecule has 5 heteroatoms. The summed E-state index contributed by atoms with van der Waals surface area (Å²) in [7, 11) is 1.38. The van der Waals surface area contributed by atoms with Crippen molar-refractivity contribution in [2.24, 2.45) is 11.7 Å². The third-order valence-corrected chi connectivity index (χ3v) is 2.70. The zero-order valence-electron chi connectivity index (χ0n) is 10.7. The minimum Gasteiger partial charge on any atom is -0.494 e. The summed E-state index contributed by atoms with van der Waals surface area (Å²) in [6.45, 7) is 2.56. The molecule has 1 aromatic carbocycles. The van der Waals surface area contributed by atoms with Crippen molar-refractivity contribution in [3.8, 4) is 5.75 Å². The van der Waals surface area contributed by atoms with E-state index in [0.29, 0.717) is 24.6 Å². The molecule has 18 heavy (non-hydrogen) atoms. The first-order valence-corrected chi connectivity index (χ1v) is 5.90. The highest BCUT2D eigenvalue weighted by Gasteiger charge is 2.08. The molecule has 0 heterocycles. The number of amides is 1. The molecule has 1 amide bonds. The van der Waals surface area contributed by atoms with Crippen molar-refractivity contribution in [2.45, 2.75) is 19.8 Å². The maximum atomic E-state index is 13.2. The van der Waals surface area contributed by atoms with Gasteiger partial charge in [-0.3, -0.25) is 4.79 Å². The van der Waals surface area contributed by atoms with Gasteiger partial charge in [-0.15, -0.1) is 0 Å². The molecule has 4 nitrogen and oxygen atoms in total. The Morgan fingerprint density at radius 2 is 2.28 bits per heavy atom. The number of hydrogen-bond donors (Lipinski definition) is 2. The number of hydrogen-bond acceptors (Lipinski definition) is 3. The molecular weight excluding hydrogens is 235 g/mol. The first-order chi connectivity index (χ1) is 8.56. The molecule has 0 bridgehead atoms. The van der Waals surface area contributed by atoms with Crippen molar-refractivity contribution < 1.29 is 13.9 Å². The Kier molecular flexibility index (Phi) is 5.58. The maximum Gasteiger partial charge on any atom is 0.224 e. The molecule has 0 aromatic heterocycles. The lowest BCUT2D eigenvalue weighted by atomic mass is 10.1. The normalized spacial score (nSPS) is 12.0. The van der Waals surface area contributed by atoms with Crippen LogP contribution in [0.25, 0.3) is 0 Å². The molecule has 1 atom stereocenters. The molecule has 1 rings (SSSR count). The van der Waals surface area contributed by atoms with Crippen LogP contribution in [0.4, 0.5) is 10.1 Å². The van der Waals surface area contributed by atoms with E-state index in [0.717, 1.165) is 6.42 Å². The molecule has 1 aromatic rings. The van der Waals surface area contributed by atoms with Gasteiger partial charge in [-0.05, 0) is 31.0 Å². The van der Waals surface area contributed by atoms with E-state index in [2.05, 4.69) is 5.32 Å². The molecule has 0 saturated heterocycles. The van der Waals surface area contributed by atoms with Gasteiger partial charge >= 0.3 is 0 Å². The average Bonchev–Trinajstić information content (AvgIpc) is 2.38. The third-order valence-electron chi connectivity index (χ3n) is 2.70. The molecule has 0 fully saturated rings. The summed E-state index contributed by atoms with van der Waals surface area (Å²) in [5, 5.41) is 2.70. The Morgan fingerprint density at radius 1 is 1.56 bits per heavy atom. The van der Waals surface area contributed by atoms with Crippen molar-refractivity contribution in [3.05, 3.63) is 24.0 Å². The molecular formula is C13H19FN2O2. The van der Waals surface area contributed by atoms with E-state index in [1.54, 1.807) is 0 Å². The Hall–Kier alpha value is -1.62. The lowest BCUT2D eigenvalue weighted by Gasteiger charge is -2.10. The number of rotatable bonds is 6. The van der Waals surface area contributed by atoms with Gasteiger partial charge in [-0.1, -0.05) is 6.92 Å². The molecule has 100 valence electrons. The smallest absolute Gasteiger partial charge is 0.224 e. The van der Waals surface area contributed by atoms with Gasteiger partial charge in [0.1, 0.15) is 0 Å². The molecule has 0 aliphatic rings. The van der Waals surface area contributed by atoms with Crippen molar-refractivity contribution in [1.29, 1.82) is 0 Å². The number of ether oxygens (including phenoxy) is 1. The van der Waals surface area contributed by atoms with Crippen LogP contribution < -0.4 is 15.8 Å². The summed E-state index contributed by atoms with van der Waals surface area (Å²) >= 11 is 0. The first-order valence-electron chi connectivity index (χ1n) is 5.90. The molecule has 0 saturated carbocycles. The summed E-state index contributed by atoms with van der Waals surface area (Å²) in [5.41, 5.74) is 6.00. The average molecular weight is 254 g/mol. The van der Waals surface area contributed by atoms with Crippen LogP contribution in [0, 0.1) is 11.7 Å². The summed E-state index contributed by atoms with van der Waals surface area (Å²) in [6, 6.07) is 4.22. The second-order valence-electron chi connectivity index (χ2n) is 4.28. The fourth-order valence-corrected chi connectivity index (χ4v) is 1.46. The number of nitrogens with two attached hydrogens (primary N) is 1. The zero-order chi connectivity index (χ0) is 13.5. The van der Waals surface area contributed by atoms with Gasteiger partial charge in [0.2, 0.25) is 5.91 Å². The van der Waals surface area contributed by atoms with Crippen molar-refractivity contribution in [2.75, 3.05) is 19.0 Å². The molecule has 0 spiro atoms. The van der Waals surface area contributed by atoms with Crippen LogP contribution in [0.15, 0.2) is 18.2 Å². The Bertz CT molecular complexity index is 410. The lowest BCUT2D eigenvalue weighted by molar-refractivity contribution is -0.116. The standard InChI is InChI=1S/C13H19FN2O2/c1-9(8-15)3-6-13(17)16-10-4-5-11(14)12(7-10)18-2/h4-5,7,9H,3,6,8,15H2,1-2H3,(H,16,17). The number of methoxy groups -OCH3 is 1. The second-order valence-corrected chi connectivity index (χ2v) is 4.28. The number of benzene rings is 1. The minimum atomic E-state index is -0.452. The first kappa shape index (κ1) is 14.4. The van der Waals surface area contributed by atoms with E-state index in [-0.39, 0.29) is 11.7 Å². The molecule has 0 aliphatic carbocycles. The summed E-state index contributed by atoms with van der Waals surface area (Å²) in [6.07, 6.45) is 1.14. The molecule has 1 unspecified atom stereocenters.